The number of rotatable bonds is 11. The van der Waals surface area contributed by atoms with Crippen LogP contribution in [0.25, 0.3) is 10.9 Å². The predicted molar refractivity (Wildman–Crippen MR) is 266 cm³/mol. The number of H-pyrrole nitrogens is 1. The van der Waals surface area contributed by atoms with Gasteiger partial charge in [-0.25, -0.2) is 9.36 Å². The number of carbonyl (C=O) groups is 4. The third kappa shape index (κ3) is 13.7. The number of phosphoric ester groups is 1. The van der Waals surface area contributed by atoms with Gasteiger partial charge >= 0.3 is 13.8 Å². The number of phosphoric acid groups is 1. The minimum atomic E-state index is -4.70. The van der Waals surface area contributed by atoms with E-state index in [1.165, 1.54) is 19.1 Å². The van der Waals surface area contributed by atoms with Gasteiger partial charge in [0.15, 0.2) is 0 Å². The highest BCUT2D eigenvalue weighted by molar-refractivity contribution is 7.46. The number of carbonyl (C=O) groups excluding carboxylic acids is 4. The van der Waals surface area contributed by atoms with E-state index in [1.807, 2.05) is 58.0 Å². The number of allylic oxidation sites excluding steroid dienone is 3. The number of hydrogen-bond acceptors (Lipinski definition) is 14. The minimum absolute atomic E-state index is 0.00572. The lowest BCUT2D eigenvalue weighted by atomic mass is 9.81. The van der Waals surface area contributed by atoms with Crippen molar-refractivity contribution in [1.82, 2.24) is 9.88 Å². The average molecular weight is 1030 g/mol. The second kappa shape index (κ2) is 24.7. The summed E-state index contributed by atoms with van der Waals surface area (Å²) in [4.78, 5) is 80.4. The number of aliphatic hydroxyl groups is 2. The Labute approximate surface area is 423 Å². The van der Waals surface area contributed by atoms with Gasteiger partial charge in [0.25, 0.3) is 11.7 Å². The predicted octanol–water partition coefficient (Wildman–Crippen LogP) is 7.21. The average Bonchev–Trinajstić information content (AvgIpc) is 3.77. The number of piperidine rings is 1. The second-order valence-electron chi connectivity index (χ2n) is 21.0. The molecule has 1 aliphatic carbocycles. The number of benzene rings is 1. The summed E-state index contributed by atoms with van der Waals surface area (Å²) >= 11 is 0. The molecule has 3 aliphatic heterocycles. The van der Waals surface area contributed by atoms with Gasteiger partial charge in [0.05, 0.1) is 24.4 Å². The van der Waals surface area contributed by atoms with Crippen molar-refractivity contribution in [1.29, 1.82) is 0 Å². The first-order chi connectivity index (χ1) is 34.0. The van der Waals surface area contributed by atoms with Crippen LogP contribution in [0.2, 0.25) is 0 Å². The number of methoxy groups -OCH3 is 3. The van der Waals surface area contributed by atoms with Crippen LogP contribution in [0.3, 0.4) is 0 Å². The Balaban J connectivity index is 1.27. The molecule has 1 aromatic heterocycles. The van der Waals surface area contributed by atoms with Gasteiger partial charge in [-0.2, -0.15) is 0 Å². The molecule has 1 saturated carbocycles. The fraction of sp³-hybridized carbons (Fsp3) is 0.698. The maximum Gasteiger partial charge on any atom is 0.470 e. The van der Waals surface area contributed by atoms with Gasteiger partial charge in [0, 0.05) is 68.6 Å². The van der Waals surface area contributed by atoms with Crippen molar-refractivity contribution in [3.63, 3.8) is 0 Å². The lowest BCUT2D eigenvalue weighted by Gasteiger charge is -2.47. The summed E-state index contributed by atoms with van der Waals surface area (Å²) in [6, 6.07) is 6.04. The van der Waals surface area contributed by atoms with Crippen LogP contribution in [-0.4, -0.2) is 136 Å². The van der Waals surface area contributed by atoms with Crippen LogP contribution in [0.15, 0.2) is 47.6 Å². The molecule has 15 unspecified atom stereocenters. The number of hydrogen-bond donors (Lipinski definition) is 5. The molecule has 6 rings (SSSR count). The molecule has 1 aromatic carbocycles. The zero-order valence-corrected chi connectivity index (χ0v) is 44.5. The van der Waals surface area contributed by atoms with Crippen LogP contribution >= 0.6 is 7.82 Å². The van der Waals surface area contributed by atoms with Crippen LogP contribution in [0.5, 0.6) is 5.75 Å². The highest BCUT2D eigenvalue weighted by atomic mass is 31.2. The Hall–Kier alpha value is -3.81. The van der Waals surface area contributed by atoms with E-state index in [1.54, 1.807) is 33.9 Å². The molecule has 5 N–H and O–H groups in total. The van der Waals surface area contributed by atoms with E-state index in [4.69, 9.17) is 32.9 Å². The quantitative estimate of drug-likeness (QED) is 0.0645. The zero-order valence-electron chi connectivity index (χ0n) is 43.6. The van der Waals surface area contributed by atoms with Crippen molar-refractivity contribution in [2.45, 2.75) is 180 Å². The Morgan fingerprint density at radius 3 is 2.31 bits per heavy atom. The van der Waals surface area contributed by atoms with Crippen molar-refractivity contribution < 1.29 is 76.7 Å². The number of aromatic amines is 1. The lowest BCUT2D eigenvalue weighted by molar-refractivity contribution is -0.302. The van der Waals surface area contributed by atoms with E-state index >= 15 is 0 Å². The van der Waals surface area contributed by atoms with E-state index in [9.17, 15) is 43.7 Å². The van der Waals surface area contributed by atoms with Gasteiger partial charge in [-0.1, -0.05) is 45.4 Å². The molecule has 4 aliphatic rings. The molecule has 0 spiro atoms. The van der Waals surface area contributed by atoms with E-state index < -0.39 is 91.7 Å². The smallest absolute Gasteiger partial charge is 0.470 e. The number of aliphatic hydroxyl groups excluding tert-OH is 1. The van der Waals surface area contributed by atoms with E-state index in [0.717, 1.165) is 16.5 Å². The highest BCUT2D eigenvalue weighted by Gasteiger charge is 2.56. The summed E-state index contributed by atoms with van der Waals surface area (Å²) in [5.74, 6) is -7.29. The maximum atomic E-state index is 14.6. The van der Waals surface area contributed by atoms with Crippen LogP contribution in [0.1, 0.15) is 131 Å². The summed E-state index contributed by atoms with van der Waals surface area (Å²) in [5.41, 5.74) is 2.84. The molecule has 2 saturated heterocycles. The van der Waals surface area contributed by atoms with E-state index in [-0.39, 0.29) is 55.6 Å². The zero-order chi connectivity index (χ0) is 52.8. The molecule has 402 valence electrons. The summed E-state index contributed by atoms with van der Waals surface area (Å²) < 4.78 is 53.2. The SMILES string of the molecule is CCC1/C=C(\C)CC(C)CC(OC)C2OC(O)(C(=O)C(=O)N3CCCCC3C(=O)OC(C(C)=CC3CCC(Oc4ccc5[nH]c(C(C)OP(=O)(O)O)cc5c4)C(OC)C3)C(C)C(O)CC1=O)C(C)CC2OC. The normalized spacial score (nSPS) is 35.7. The fourth-order valence-corrected chi connectivity index (χ4v) is 11.9. The molecule has 19 heteroatoms. The van der Waals surface area contributed by atoms with Gasteiger partial charge in [-0.3, -0.25) is 18.9 Å². The lowest BCUT2D eigenvalue weighted by Crippen LogP contribution is -2.64. The fourth-order valence-electron chi connectivity index (χ4n) is 11.4. The number of nitrogens with one attached hydrogen (secondary N) is 1. The molecule has 4 heterocycles. The molecule has 0 radical (unpaired) electrons. The molecule has 2 aromatic rings. The molecule has 15 atom stereocenters. The second-order valence-corrected chi connectivity index (χ2v) is 22.1. The Morgan fingerprint density at radius 2 is 1.64 bits per heavy atom. The Bertz CT molecular complexity index is 2330. The van der Waals surface area contributed by atoms with Gasteiger partial charge in [0.2, 0.25) is 5.79 Å². The number of ketones is 2. The van der Waals surface area contributed by atoms with Gasteiger partial charge < -0.3 is 58.3 Å². The molecule has 18 nitrogen and oxygen atoms in total. The summed E-state index contributed by atoms with van der Waals surface area (Å²) in [7, 11) is -0.0384. The van der Waals surface area contributed by atoms with E-state index in [2.05, 4.69) is 4.98 Å². The third-order valence-corrected chi connectivity index (χ3v) is 16.1. The molecular weight excluding hydrogens is 952 g/mol. The largest absolute Gasteiger partial charge is 0.488 e. The first-order valence-electron chi connectivity index (χ1n) is 25.6. The number of esters is 1. The summed E-state index contributed by atoms with van der Waals surface area (Å²) in [5, 5.41) is 24.8. The maximum absolute atomic E-state index is 14.6. The van der Waals surface area contributed by atoms with Crippen molar-refractivity contribution in [2.75, 3.05) is 27.9 Å². The van der Waals surface area contributed by atoms with Crippen LogP contribution in [-0.2, 0) is 52.0 Å². The number of fused-ring (bicyclic) bond motifs is 4. The van der Waals surface area contributed by atoms with Crippen LogP contribution < -0.4 is 4.74 Å². The summed E-state index contributed by atoms with van der Waals surface area (Å²) in [6.07, 6.45) is 2.69. The Morgan fingerprint density at radius 1 is 0.944 bits per heavy atom. The number of aromatic nitrogens is 1. The van der Waals surface area contributed by atoms with E-state index in [0.29, 0.717) is 68.4 Å². The van der Waals surface area contributed by atoms with Crippen molar-refractivity contribution in [3.8, 4) is 5.75 Å². The van der Waals surface area contributed by atoms with Gasteiger partial charge in [0.1, 0.15) is 42.0 Å². The number of Topliss-reactive ketones (excluding diaryl/α,β-unsaturated/α-hetero) is 2. The van der Waals surface area contributed by atoms with Crippen LogP contribution in [0.4, 0.5) is 0 Å². The van der Waals surface area contributed by atoms with Gasteiger partial charge in [-0.05, 0) is 127 Å². The van der Waals surface area contributed by atoms with Crippen molar-refractivity contribution in [3.05, 3.63) is 53.3 Å². The first kappa shape index (κ1) is 57.5. The molecular formula is C53H79N2O16P. The summed E-state index contributed by atoms with van der Waals surface area (Å²) in [6.45, 7) is 12.7. The first-order valence-corrected chi connectivity index (χ1v) is 27.2. The minimum Gasteiger partial charge on any atom is -0.488 e. The standard InChI is InChI=1S/C53H79N2O16P/c1-11-36-21-29(2)20-30(3)22-46(66-9)49-47(67-10)24-32(5)53(61,70-49)50(58)51(59)55-19-13-12-14-41(55)52(60)69-48(33(6)42(56)28-43(36)57)31(4)23-35-15-18-44(45(25-35)65-8)68-38-16-17-39-37(26-38)27-40(54-39)34(7)71-72(62,63)64/h16-17,21,23,26-27,30,32-36,41-42,44-49,54,56,61H,11-15,18-20,22,24-25,28H2,1-10H3,(H2,62,63,64)/b29-21+,31-23?. The number of cyclic esters (lactones) is 1. The number of nitrogens with zero attached hydrogens (tertiary/aromatic N) is 1. The molecule has 1 amide bonds. The third-order valence-electron chi connectivity index (χ3n) is 15.5. The topological polar surface area (TPSA) is 250 Å². The molecule has 3 fully saturated rings. The molecule has 72 heavy (non-hydrogen) atoms. The highest BCUT2D eigenvalue weighted by Crippen LogP contribution is 2.43. The van der Waals surface area contributed by atoms with Crippen LogP contribution in [0, 0.1) is 29.6 Å². The van der Waals surface area contributed by atoms with Gasteiger partial charge in [-0.15, -0.1) is 0 Å². The number of amides is 1. The van der Waals surface area contributed by atoms with Crippen molar-refractivity contribution >= 4 is 42.2 Å². The number of ether oxygens (including phenoxy) is 6. The monoisotopic (exact) mass is 1030 g/mol. The van der Waals surface area contributed by atoms with Crippen molar-refractivity contribution in [2.24, 2.45) is 29.6 Å². The molecule has 2 bridgehead atoms. The Kier molecular flexibility index (Phi) is 19.7.